The van der Waals surface area contributed by atoms with Crippen molar-refractivity contribution in [3.63, 3.8) is 0 Å². The molecule has 3 rings (SSSR count). The standard InChI is InChI=1S/C14H16FN3O3S/c1-8-7-18(12-5-4-11(15)6-13(12)21-8)22(19,20)14-9(2)16-17-10(14)3/h4-6,8H,7H2,1-3H3,(H,16,17). The minimum atomic E-state index is -3.80. The average molecular weight is 325 g/mol. The maximum absolute atomic E-state index is 13.4. The summed E-state index contributed by atoms with van der Waals surface area (Å²) >= 11 is 0. The van der Waals surface area contributed by atoms with Crippen molar-refractivity contribution in [3.8, 4) is 5.75 Å². The fourth-order valence-electron chi connectivity index (χ4n) is 2.63. The van der Waals surface area contributed by atoms with E-state index in [1.807, 2.05) is 0 Å². The third-order valence-electron chi connectivity index (χ3n) is 3.55. The molecule has 0 saturated carbocycles. The summed E-state index contributed by atoms with van der Waals surface area (Å²) in [5, 5.41) is 6.62. The summed E-state index contributed by atoms with van der Waals surface area (Å²) in [5.74, 6) is -0.248. The SMILES string of the molecule is Cc1n[nH]c(C)c1S(=O)(=O)N1CC(C)Oc2cc(F)ccc21. The number of nitrogens with zero attached hydrogens (tertiary/aromatic N) is 2. The number of aromatic amines is 1. The highest BCUT2D eigenvalue weighted by molar-refractivity contribution is 7.93. The van der Waals surface area contributed by atoms with Crippen molar-refractivity contribution in [3.05, 3.63) is 35.4 Å². The lowest BCUT2D eigenvalue weighted by molar-refractivity contribution is 0.218. The lowest BCUT2D eigenvalue weighted by Gasteiger charge is -2.34. The summed E-state index contributed by atoms with van der Waals surface area (Å²) in [6.45, 7) is 5.19. The van der Waals surface area contributed by atoms with Gasteiger partial charge >= 0.3 is 0 Å². The van der Waals surface area contributed by atoms with Crippen molar-refractivity contribution < 1.29 is 17.5 Å². The Morgan fingerprint density at radius 1 is 1.41 bits per heavy atom. The van der Waals surface area contributed by atoms with E-state index in [-0.39, 0.29) is 23.3 Å². The summed E-state index contributed by atoms with van der Waals surface area (Å²) in [6.07, 6.45) is -0.378. The molecule has 1 aromatic heterocycles. The van der Waals surface area contributed by atoms with Gasteiger partial charge in [-0.25, -0.2) is 12.8 Å². The van der Waals surface area contributed by atoms with Gasteiger partial charge in [-0.3, -0.25) is 9.40 Å². The van der Waals surface area contributed by atoms with Gasteiger partial charge in [-0.1, -0.05) is 0 Å². The maximum Gasteiger partial charge on any atom is 0.268 e. The second kappa shape index (κ2) is 4.98. The number of hydrogen-bond acceptors (Lipinski definition) is 4. The molecule has 1 unspecified atom stereocenters. The van der Waals surface area contributed by atoms with Crippen LogP contribution < -0.4 is 9.04 Å². The lowest BCUT2D eigenvalue weighted by atomic mass is 10.2. The van der Waals surface area contributed by atoms with Crippen LogP contribution in [0.1, 0.15) is 18.3 Å². The first-order valence-corrected chi connectivity index (χ1v) is 8.25. The van der Waals surface area contributed by atoms with Crippen LogP contribution in [-0.2, 0) is 10.0 Å². The highest BCUT2D eigenvalue weighted by atomic mass is 32.2. The maximum atomic E-state index is 13.4. The monoisotopic (exact) mass is 325 g/mol. The Kier molecular flexibility index (Phi) is 3.36. The van der Waals surface area contributed by atoms with E-state index < -0.39 is 15.8 Å². The number of nitrogens with one attached hydrogen (secondary N) is 1. The second-order valence-corrected chi connectivity index (χ2v) is 7.14. The summed E-state index contributed by atoms with van der Waals surface area (Å²) < 4.78 is 46.2. The number of benzene rings is 1. The van der Waals surface area contributed by atoms with Gasteiger partial charge in [-0.05, 0) is 32.9 Å². The highest BCUT2D eigenvalue weighted by Gasteiger charge is 2.35. The molecule has 0 aliphatic carbocycles. The molecule has 1 aliphatic heterocycles. The zero-order valence-corrected chi connectivity index (χ0v) is 13.2. The largest absolute Gasteiger partial charge is 0.487 e. The Bertz CT molecular complexity index is 812. The summed E-state index contributed by atoms with van der Waals surface area (Å²) in [4.78, 5) is 0.150. The number of ether oxygens (including phenoxy) is 1. The van der Waals surface area contributed by atoms with Crippen LogP contribution in [0.2, 0.25) is 0 Å². The van der Waals surface area contributed by atoms with Gasteiger partial charge in [0, 0.05) is 6.07 Å². The molecule has 0 fully saturated rings. The van der Waals surface area contributed by atoms with Crippen LogP contribution in [0.4, 0.5) is 10.1 Å². The Balaban J connectivity index is 2.17. The molecule has 0 amide bonds. The van der Waals surface area contributed by atoms with Crippen molar-refractivity contribution in [2.75, 3.05) is 10.8 Å². The van der Waals surface area contributed by atoms with E-state index in [4.69, 9.17) is 4.74 Å². The first-order chi connectivity index (χ1) is 10.3. The van der Waals surface area contributed by atoms with Crippen molar-refractivity contribution in [2.24, 2.45) is 0 Å². The summed E-state index contributed by atoms with van der Waals surface area (Å²) in [6, 6.07) is 3.83. The Hall–Kier alpha value is -2.09. The fraction of sp³-hybridized carbons (Fsp3) is 0.357. The molecule has 1 N–H and O–H groups in total. The molecule has 1 aliphatic rings. The van der Waals surface area contributed by atoms with Crippen LogP contribution in [0.3, 0.4) is 0 Å². The van der Waals surface area contributed by atoms with Gasteiger partial charge in [0.1, 0.15) is 22.6 Å². The van der Waals surface area contributed by atoms with Crippen LogP contribution in [0.25, 0.3) is 0 Å². The Labute approximate surface area is 128 Å². The van der Waals surface area contributed by atoms with Crippen LogP contribution in [0, 0.1) is 19.7 Å². The van der Waals surface area contributed by atoms with E-state index >= 15 is 0 Å². The number of rotatable bonds is 2. The van der Waals surface area contributed by atoms with E-state index in [1.165, 1.54) is 22.5 Å². The molecule has 8 heteroatoms. The van der Waals surface area contributed by atoms with Crippen molar-refractivity contribution in [1.29, 1.82) is 0 Å². The van der Waals surface area contributed by atoms with E-state index in [2.05, 4.69) is 10.2 Å². The average Bonchev–Trinajstić information content (AvgIpc) is 2.77. The molecule has 118 valence electrons. The fourth-order valence-corrected chi connectivity index (χ4v) is 4.52. The quantitative estimate of drug-likeness (QED) is 0.918. The van der Waals surface area contributed by atoms with E-state index in [0.717, 1.165) is 0 Å². The van der Waals surface area contributed by atoms with Crippen molar-refractivity contribution in [2.45, 2.75) is 31.8 Å². The minimum absolute atomic E-state index is 0.150. The number of anilines is 1. The van der Waals surface area contributed by atoms with E-state index in [9.17, 15) is 12.8 Å². The first-order valence-electron chi connectivity index (χ1n) is 6.81. The molecule has 0 radical (unpaired) electrons. The number of halogens is 1. The smallest absolute Gasteiger partial charge is 0.268 e. The Morgan fingerprint density at radius 3 is 2.77 bits per heavy atom. The Morgan fingerprint density at radius 2 is 2.14 bits per heavy atom. The van der Waals surface area contributed by atoms with Crippen LogP contribution in [0.5, 0.6) is 5.75 Å². The number of hydrogen-bond donors (Lipinski definition) is 1. The molecule has 1 atom stereocenters. The second-order valence-electron chi connectivity index (χ2n) is 5.34. The van der Waals surface area contributed by atoms with E-state index in [1.54, 1.807) is 20.8 Å². The highest BCUT2D eigenvalue weighted by Crippen LogP contribution is 2.38. The molecule has 0 saturated heterocycles. The first kappa shape index (κ1) is 14.8. The van der Waals surface area contributed by atoms with Gasteiger partial charge in [-0.15, -0.1) is 0 Å². The zero-order chi connectivity index (χ0) is 16.1. The van der Waals surface area contributed by atoms with Gasteiger partial charge in [0.05, 0.1) is 23.6 Å². The summed E-state index contributed by atoms with van der Waals surface area (Å²) in [5.41, 5.74) is 1.21. The topological polar surface area (TPSA) is 75.3 Å². The molecule has 2 heterocycles. The third-order valence-corrected chi connectivity index (χ3v) is 5.59. The van der Waals surface area contributed by atoms with Gasteiger partial charge in [0.15, 0.2) is 0 Å². The van der Waals surface area contributed by atoms with Crippen molar-refractivity contribution in [1.82, 2.24) is 10.2 Å². The predicted octanol–water partition coefficient (Wildman–Crippen LogP) is 2.14. The van der Waals surface area contributed by atoms with Crippen LogP contribution in [0.15, 0.2) is 23.1 Å². The summed E-state index contributed by atoms with van der Waals surface area (Å²) in [7, 11) is -3.80. The number of H-pyrrole nitrogens is 1. The number of aromatic nitrogens is 2. The molecule has 0 spiro atoms. The van der Waals surface area contributed by atoms with Gasteiger partial charge in [0.25, 0.3) is 10.0 Å². The number of aryl methyl sites for hydroxylation is 2. The predicted molar refractivity (Wildman–Crippen MR) is 79.1 cm³/mol. The van der Waals surface area contributed by atoms with Gasteiger partial charge in [-0.2, -0.15) is 5.10 Å². The molecule has 0 bridgehead atoms. The van der Waals surface area contributed by atoms with Crippen molar-refractivity contribution >= 4 is 15.7 Å². The molecular weight excluding hydrogens is 309 g/mol. The van der Waals surface area contributed by atoms with Crippen LogP contribution >= 0.6 is 0 Å². The number of sulfonamides is 1. The van der Waals surface area contributed by atoms with Gasteiger partial charge in [0.2, 0.25) is 0 Å². The van der Waals surface area contributed by atoms with E-state index in [0.29, 0.717) is 17.1 Å². The zero-order valence-electron chi connectivity index (χ0n) is 12.4. The molecule has 6 nitrogen and oxygen atoms in total. The number of fused-ring (bicyclic) bond motifs is 1. The van der Waals surface area contributed by atoms with Gasteiger partial charge < -0.3 is 4.74 Å². The molecule has 2 aromatic rings. The normalized spacial score (nSPS) is 18.0. The molecule has 22 heavy (non-hydrogen) atoms. The lowest BCUT2D eigenvalue weighted by Crippen LogP contribution is -2.42. The third kappa shape index (κ3) is 2.23. The minimum Gasteiger partial charge on any atom is -0.487 e. The molecular formula is C14H16FN3O3S. The molecule has 1 aromatic carbocycles. The van der Waals surface area contributed by atoms with Crippen LogP contribution in [-0.4, -0.2) is 31.3 Å².